The number of likely N-dealkylation sites (tertiary alicyclic amines) is 1. The molecule has 3 rings (SSSR count). The Labute approximate surface area is 196 Å². The largest absolute Gasteiger partial charge is 0.481 e. The van der Waals surface area contributed by atoms with Gasteiger partial charge < -0.3 is 9.64 Å². The van der Waals surface area contributed by atoms with Gasteiger partial charge in [0, 0.05) is 17.2 Å². The molecule has 184 valence electrons. The summed E-state index contributed by atoms with van der Waals surface area (Å²) < 4.78 is 76.1. The van der Waals surface area contributed by atoms with Crippen molar-refractivity contribution < 1.29 is 31.1 Å². The van der Waals surface area contributed by atoms with Gasteiger partial charge in [-0.2, -0.15) is 0 Å². The lowest BCUT2D eigenvalue weighted by atomic mass is 9.96. The van der Waals surface area contributed by atoms with E-state index in [9.17, 15) is 22.0 Å². The second kappa shape index (κ2) is 9.75. The molecule has 1 aromatic heterocycles. The lowest BCUT2D eigenvalue weighted by Crippen LogP contribution is -2.52. The molecular formula is C23H26F3N3O4S. The van der Waals surface area contributed by atoms with E-state index in [4.69, 9.17) is 4.74 Å². The number of methoxy groups -OCH3 is 1. The van der Waals surface area contributed by atoms with Gasteiger partial charge in [-0.1, -0.05) is 31.7 Å². The van der Waals surface area contributed by atoms with Crippen LogP contribution in [0.3, 0.4) is 0 Å². The maximum absolute atomic E-state index is 15.5. The number of amides is 1. The van der Waals surface area contributed by atoms with Gasteiger partial charge in [-0.05, 0) is 30.5 Å². The summed E-state index contributed by atoms with van der Waals surface area (Å²) in [6.45, 7) is 4.27. The molecule has 2 atom stereocenters. The molecule has 0 radical (unpaired) electrons. The highest BCUT2D eigenvalue weighted by Crippen LogP contribution is 2.37. The van der Waals surface area contributed by atoms with Crippen LogP contribution in [0.1, 0.15) is 18.9 Å². The molecule has 1 N–H and O–H groups in total. The summed E-state index contributed by atoms with van der Waals surface area (Å²) in [4.78, 5) is 17.9. The number of aromatic nitrogens is 1. The molecular weight excluding hydrogens is 471 g/mol. The van der Waals surface area contributed by atoms with Gasteiger partial charge in [0.05, 0.1) is 31.6 Å². The van der Waals surface area contributed by atoms with Gasteiger partial charge >= 0.3 is 0 Å². The van der Waals surface area contributed by atoms with E-state index in [1.807, 2.05) is 4.72 Å². The minimum atomic E-state index is -4.06. The lowest BCUT2D eigenvalue weighted by Gasteiger charge is -2.28. The monoisotopic (exact) mass is 497 g/mol. The second-order valence-electron chi connectivity index (χ2n) is 8.13. The number of hydrogen-bond acceptors (Lipinski definition) is 5. The average Bonchev–Trinajstić information content (AvgIpc) is 3.02. The van der Waals surface area contributed by atoms with Crippen LogP contribution in [0.5, 0.6) is 5.88 Å². The number of benzene rings is 1. The quantitative estimate of drug-likeness (QED) is 0.566. The number of hydrogen-bond donors (Lipinski definition) is 1. The number of nitrogens with one attached hydrogen (secondary N) is 1. The third kappa shape index (κ3) is 5.41. The van der Waals surface area contributed by atoms with Crippen molar-refractivity contribution >= 4 is 15.9 Å². The van der Waals surface area contributed by atoms with Crippen LogP contribution in [0.25, 0.3) is 11.3 Å². The van der Waals surface area contributed by atoms with E-state index >= 15 is 4.39 Å². The van der Waals surface area contributed by atoms with E-state index in [0.29, 0.717) is 0 Å². The molecule has 34 heavy (non-hydrogen) atoms. The van der Waals surface area contributed by atoms with Crippen LogP contribution >= 0.6 is 0 Å². The molecule has 0 unspecified atom stereocenters. The van der Waals surface area contributed by atoms with Crippen LogP contribution < -0.4 is 9.46 Å². The minimum absolute atomic E-state index is 0.0324. The fraction of sp³-hybridized carbons (Fsp3) is 0.391. The zero-order valence-corrected chi connectivity index (χ0v) is 19.8. The molecule has 1 amide bonds. The third-order valence-electron chi connectivity index (χ3n) is 5.67. The van der Waals surface area contributed by atoms with Crippen molar-refractivity contribution in [3.8, 4) is 17.1 Å². The lowest BCUT2D eigenvalue weighted by molar-refractivity contribution is -0.129. The average molecular weight is 498 g/mol. The first-order valence-corrected chi connectivity index (χ1v) is 12.4. The second-order valence-corrected chi connectivity index (χ2v) is 9.91. The van der Waals surface area contributed by atoms with Crippen molar-refractivity contribution in [2.24, 2.45) is 0 Å². The summed E-state index contributed by atoms with van der Waals surface area (Å²) in [6, 6.07) is 5.95. The van der Waals surface area contributed by atoms with Crippen molar-refractivity contribution in [1.29, 1.82) is 0 Å². The topological polar surface area (TPSA) is 88.6 Å². The van der Waals surface area contributed by atoms with E-state index in [0.717, 1.165) is 11.2 Å². The maximum atomic E-state index is 15.5. The smallest absolute Gasteiger partial charge is 0.283 e. The van der Waals surface area contributed by atoms with Gasteiger partial charge in [-0.15, -0.1) is 0 Å². The molecule has 7 nitrogen and oxygen atoms in total. The molecule has 1 aliphatic rings. The van der Waals surface area contributed by atoms with Gasteiger partial charge in [0.15, 0.2) is 0 Å². The highest BCUT2D eigenvalue weighted by molar-refractivity contribution is 7.88. The summed E-state index contributed by atoms with van der Waals surface area (Å²) in [7, 11) is -2.64. The molecule has 1 saturated heterocycles. The Hall–Kier alpha value is -2.92. The Kier molecular flexibility index (Phi) is 7.37. The van der Waals surface area contributed by atoms with Crippen molar-refractivity contribution in [3.05, 3.63) is 59.9 Å². The Morgan fingerprint density at radius 1 is 1.29 bits per heavy atom. The normalized spacial score (nSPS) is 19.8. The van der Waals surface area contributed by atoms with Crippen molar-refractivity contribution in [2.75, 3.05) is 19.9 Å². The van der Waals surface area contributed by atoms with E-state index < -0.39 is 46.3 Å². The fourth-order valence-corrected chi connectivity index (χ4v) is 4.73. The van der Waals surface area contributed by atoms with Gasteiger partial charge in [-0.3, -0.25) is 4.79 Å². The van der Waals surface area contributed by atoms with Gasteiger partial charge in [-0.25, -0.2) is 31.3 Å². The van der Waals surface area contributed by atoms with Gasteiger partial charge in [0.1, 0.15) is 11.9 Å². The molecule has 0 saturated carbocycles. The predicted octanol–water partition coefficient (Wildman–Crippen LogP) is 3.17. The van der Waals surface area contributed by atoms with Crippen LogP contribution in [0.4, 0.5) is 13.2 Å². The van der Waals surface area contributed by atoms with Crippen LogP contribution in [0.2, 0.25) is 0 Å². The summed E-state index contributed by atoms with van der Waals surface area (Å²) in [5.41, 5.74) is 0.513. The Bertz CT molecular complexity index is 1200. The predicted molar refractivity (Wildman–Crippen MR) is 122 cm³/mol. The number of alkyl halides is 2. The molecule has 1 aromatic carbocycles. The zero-order valence-electron chi connectivity index (χ0n) is 19.0. The first-order valence-electron chi connectivity index (χ1n) is 10.5. The molecule has 0 spiro atoms. The van der Waals surface area contributed by atoms with Crippen molar-refractivity contribution in [2.45, 2.75) is 37.8 Å². The number of pyridine rings is 1. The number of carbonyl (C=O) groups is 1. The van der Waals surface area contributed by atoms with Crippen molar-refractivity contribution in [1.82, 2.24) is 14.6 Å². The van der Waals surface area contributed by atoms with E-state index in [2.05, 4.69) is 11.6 Å². The van der Waals surface area contributed by atoms with Crippen LogP contribution in [-0.2, 0) is 21.2 Å². The van der Waals surface area contributed by atoms with Crippen LogP contribution in [-0.4, -0.2) is 62.1 Å². The number of ether oxygens (including phenoxy) is 1. The minimum Gasteiger partial charge on any atom is -0.481 e. The molecule has 0 bridgehead atoms. The Morgan fingerprint density at radius 2 is 1.97 bits per heavy atom. The standard InChI is InChI=1S/C23H26F3N3O4S/c1-5-14(2)22(30)29-13-23(25,26)21(28-34(4,31)32)18(29)12-15-8-6-9-16(20(15)24)17-10-7-11-19(27-17)33-3/h6-11,18,21,28H,2,5,12-13H2,1,3-4H3/t18-,21+/m0/s1. The number of rotatable bonds is 8. The molecule has 1 aliphatic heterocycles. The Balaban J connectivity index is 2.05. The SMILES string of the molecule is C=C(CC)C(=O)N1CC(F)(F)[C@H](NS(C)(=O)=O)[C@@H]1Cc1cccc(-c2cccc(OC)n2)c1F. The van der Waals surface area contributed by atoms with Crippen LogP contribution in [0.15, 0.2) is 48.6 Å². The molecule has 1 fully saturated rings. The fourth-order valence-electron chi connectivity index (χ4n) is 3.94. The molecule has 2 aromatic rings. The summed E-state index contributed by atoms with van der Waals surface area (Å²) in [5.74, 6) is -4.74. The van der Waals surface area contributed by atoms with Gasteiger partial charge in [0.25, 0.3) is 5.92 Å². The molecule has 11 heteroatoms. The first-order chi connectivity index (χ1) is 15.9. The van der Waals surface area contributed by atoms with E-state index in [1.54, 1.807) is 25.1 Å². The highest BCUT2D eigenvalue weighted by atomic mass is 32.2. The zero-order chi connectivity index (χ0) is 25.3. The third-order valence-corrected chi connectivity index (χ3v) is 6.35. The highest BCUT2D eigenvalue weighted by Gasteiger charge is 2.57. The molecule has 0 aliphatic carbocycles. The van der Waals surface area contributed by atoms with Crippen LogP contribution in [0, 0.1) is 5.82 Å². The molecule has 2 heterocycles. The summed E-state index contributed by atoms with van der Waals surface area (Å²) >= 11 is 0. The number of halogens is 3. The van der Waals surface area contributed by atoms with E-state index in [-0.39, 0.29) is 41.1 Å². The van der Waals surface area contributed by atoms with Crippen molar-refractivity contribution in [3.63, 3.8) is 0 Å². The number of carbonyl (C=O) groups excluding carboxylic acids is 1. The number of sulfonamides is 1. The first kappa shape index (κ1) is 25.7. The summed E-state index contributed by atoms with van der Waals surface area (Å²) in [5, 5.41) is 0. The van der Waals surface area contributed by atoms with Gasteiger partial charge in [0.2, 0.25) is 21.8 Å². The Morgan fingerprint density at radius 3 is 2.59 bits per heavy atom. The van der Waals surface area contributed by atoms with E-state index in [1.165, 1.54) is 25.3 Å². The maximum Gasteiger partial charge on any atom is 0.283 e. The summed E-state index contributed by atoms with van der Waals surface area (Å²) in [6.07, 6.45) is 0.629. The number of nitrogens with zero attached hydrogens (tertiary/aromatic N) is 2.